The summed E-state index contributed by atoms with van der Waals surface area (Å²) in [7, 11) is 0. The van der Waals surface area contributed by atoms with Gasteiger partial charge in [-0.05, 0) is 74.0 Å². The maximum atomic E-state index is 2.32. The number of aryl methyl sites for hydroxylation is 2. The van der Waals surface area contributed by atoms with Crippen LogP contribution in [0.5, 0.6) is 0 Å². The van der Waals surface area contributed by atoms with Crippen LogP contribution in [0.2, 0.25) is 0 Å². The Bertz CT molecular complexity index is 1580. The smallest absolute Gasteiger partial charge is 0.00204 e. The summed E-state index contributed by atoms with van der Waals surface area (Å²) in [5, 5.41) is 7.88. The lowest BCUT2D eigenvalue weighted by Gasteiger charge is -2.18. The topological polar surface area (TPSA) is 0 Å². The largest absolute Gasteiger partial charge is 0.0616 e. The molecule has 0 heteroatoms. The van der Waals surface area contributed by atoms with E-state index >= 15 is 0 Å². The molecule has 32 heavy (non-hydrogen) atoms. The minimum absolute atomic E-state index is 1.27. The lowest BCUT2D eigenvalue weighted by molar-refractivity contribution is 1.47. The normalized spacial score (nSPS) is 11.4. The summed E-state index contributed by atoms with van der Waals surface area (Å²) >= 11 is 0. The number of benzene rings is 6. The Kier molecular flexibility index (Phi) is 4.33. The Morgan fingerprint density at radius 2 is 0.906 bits per heavy atom. The molecular formula is C32H24. The van der Waals surface area contributed by atoms with E-state index in [2.05, 4.69) is 123 Å². The van der Waals surface area contributed by atoms with Gasteiger partial charge in [0.1, 0.15) is 0 Å². The summed E-state index contributed by atoms with van der Waals surface area (Å²) < 4.78 is 0. The van der Waals surface area contributed by atoms with Crippen molar-refractivity contribution in [1.82, 2.24) is 0 Å². The molecule has 0 aliphatic heterocycles. The van der Waals surface area contributed by atoms with Crippen molar-refractivity contribution in [3.05, 3.63) is 120 Å². The zero-order chi connectivity index (χ0) is 21.7. The Morgan fingerprint density at radius 3 is 1.50 bits per heavy atom. The van der Waals surface area contributed by atoms with Crippen LogP contribution < -0.4 is 0 Å². The highest BCUT2D eigenvalue weighted by Gasteiger charge is 2.16. The summed E-state index contributed by atoms with van der Waals surface area (Å²) in [4.78, 5) is 0. The van der Waals surface area contributed by atoms with Crippen molar-refractivity contribution in [2.45, 2.75) is 13.8 Å². The first kappa shape index (κ1) is 18.8. The summed E-state index contributed by atoms with van der Waals surface area (Å²) in [5.41, 5.74) is 7.81. The molecule has 152 valence electrons. The van der Waals surface area contributed by atoms with Crippen LogP contribution in [-0.2, 0) is 0 Å². The molecule has 0 amide bonds. The van der Waals surface area contributed by atoms with Gasteiger partial charge >= 0.3 is 0 Å². The van der Waals surface area contributed by atoms with Gasteiger partial charge in [-0.15, -0.1) is 0 Å². The Labute approximate surface area is 188 Å². The van der Waals surface area contributed by atoms with E-state index in [0.29, 0.717) is 0 Å². The van der Waals surface area contributed by atoms with Gasteiger partial charge in [0, 0.05) is 0 Å². The first-order valence-corrected chi connectivity index (χ1v) is 11.2. The Hall–Kier alpha value is -3.90. The molecule has 0 aliphatic carbocycles. The number of rotatable bonds is 2. The summed E-state index contributed by atoms with van der Waals surface area (Å²) in [6.07, 6.45) is 0. The first-order chi connectivity index (χ1) is 15.7. The third-order valence-corrected chi connectivity index (χ3v) is 6.72. The third kappa shape index (κ3) is 2.84. The van der Waals surface area contributed by atoms with E-state index in [1.807, 2.05) is 0 Å². The molecule has 6 aromatic carbocycles. The van der Waals surface area contributed by atoms with Crippen LogP contribution in [0.1, 0.15) is 11.1 Å². The monoisotopic (exact) mass is 408 g/mol. The zero-order valence-electron chi connectivity index (χ0n) is 18.4. The van der Waals surface area contributed by atoms with E-state index in [-0.39, 0.29) is 0 Å². The quantitative estimate of drug-likeness (QED) is 0.251. The van der Waals surface area contributed by atoms with Crippen LogP contribution in [0.4, 0.5) is 0 Å². The van der Waals surface area contributed by atoms with E-state index in [1.165, 1.54) is 65.7 Å². The summed E-state index contributed by atoms with van der Waals surface area (Å²) in [6, 6.07) is 39.9. The van der Waals surface area contributed by atoms with Crippen LogP contribution in [0.3, 0.4) is 0 Å². The minimum atomic E-state index is 1.27. The second-order valence-corrected chi connectivity index (χ2v) is 8.67. The molecule has 0 unspecified atom stereocenters. The van der Waals surface area contributed by atoms with Crippen molar-refractivity contribution in [3.63, 3.8) is 0 Å². The SMILES string of the molecule is Cc1cccc(-c2ccc(-c3c4ccccc4c(C)c4ccccc34)c3ccccc23)c1. The van der Waals surface area contributed by atoms with E-state index in [0.717, 1.165) is 0 Å². The van der Waals surface area contributed by atoms with Crippen LogP contribution in [0.15, 0.2) is 109 Å². The standard InChI is InChI=1S/C32H24/c1-21-10-9-11-23(20-21)26-18-19-31(28-15-6-5-14-27(26)28)32-29-16-7-3-12-24(29)22(2)25-13-4-8-17-30(25)32/h3-20H,1-2H3. The number of hydrogen-bond donors (Lipinski definition) is 0. The van der Waals surface area contributed by atoms with Crippen molar-refractivity contribution in [3.8, 4) is 22.3 Å². The Balaban J connectivity index is 1.76. The Morgan fingerprint density at radius 1 is 0.406 bits per heavy atom. The summed E-state index contributed by atoms with van der Waals surface area (Å²) in [6.45, 7) is 4.40. The number of fused-ring (bicyclic) bond motifs is 3. The molecule has 0 aliphatic rings. The van der Waals surface area contributed by atoms with Gasteiger partial charge in [0.2, 0.25) is 0 Å². The average molecular weight is 409 g/mol. The molecule has 0 saturated heterocycles. The van der Waals surface area contributed by atoms with Crippen LogP contribution in [0, 0.1) is 13.8 Å². The van der Waals surface area contributed by atoms with Gasteiger partial charge in [-0.1, -0.05) is 115 Å². The van der Waals surface area contributed by atoms with E-state index < -0.39 is 0 Å². The highest BCUT2D eigenvalue weighted by atomic mass is 14.2. The van der Waals surface area contributed by atoms with Gasteiger partial charge in [-0.25, -0.2) is 0 Å². The van der Waals surface area contributed by atoms with Crippen molar-refractivity contribution in [2.75, 3.05) is 0 Å². The second kappa shape index (κ2) is 7.35. The van der Waals surface area contributed by atoms with E-state index in [9.17, 15) is 0 Å². The lowest BCUT2D eigenvalue weighted by Crippen LogP contribution is -1.91. The molecular weight excluding hydrogens is 384 g/mol. The van der Waals surface area contributed by atoms with Gasteiger partial charge in [0.05, 0.1) is 0 Å². The molecule has 0 atom stereocenters. The van der Waals surface area contributed by atoms with E-state index in [1.54, 1.807) is 0 Å². The van der Waals surface area contributed by atoms with Crippen LogP contribution in [0.25, 0.3) is 54.6 Å². The number of hydrogen-bond acceptors (Lipinski definition) is 0. The van der Waals surface area contributed by atoms with Gasteiger partial charge in [-0.2, -0.15) is 0 Å². The fourth-order valence-electron chi connectivity index (χ4n) is 5.22. The summed E-state index contributed by atoms with van der Waals surface area (Å²) in [5.74, 6) is 0. The predicted molar refractivity (Wildman–Crippen MR) is 139 cm³/mol. The fourth-order valence-corrected chi connectivity index (χ4v) is 5.22. The highest BCUT2D eigenvalue weighted by Crippen LogP contribution is 2.43. The van der Waals surface area contributed by atoms with Gasteiger partial charge < -0.3 is 0 Å². The molecule has 0 saturated carbocycles. The van der Waals surface area contributed by atoms with Crippen molar-refractivity contribution >= 4 is 32.3 Å². The average Bonchev–Trinajstić information content (AvgIpc) is 2.84. The maximum absolute atomic E-state index is 2.32. The molecule has 0 bridgehead atoms. The predicted octanol–water partition coefficient (Wildman–Crippen LogP) is 9.10. The molecule has 0 heterocycles. The molecule has 6 rings (SSSR count). The van der Waals surface area contributed by atoms with E-state index in [4.69, 9.17) is 0 Å². The van der Waals surface area contributed by atoms with Gasteiger partial charge in [0.25, 0.3) is 0 Å². The van der Waals surface area contributed by atoms with Gasteiger partial charge in [0.15, 0.2) is 0 Å². The maximum Gasteiger partial charge on any atom is -0.00204 e. The third-order valence-electron chi connectivity index (χ3n) is 6.72. The lowest BCUT2D eigenvalue weighted by atomic mass is 9.85. The van der Waals surface area contributed by atoms with Crippen LogP contribution >= 0.6 is 0 Å². The molecule has 0 spiro atoms. The van der Waals surface area contributed by atoms with Crippen molar-refractivity contribution in [2.24, 2.45) is 0 Å². The molecule has 6 aromatic rings. The molecule has 0 N–H and O–H groups in total. The van der Waals surface area contributed by atoms with Crippen molar-refractivity contribution < 1.29 is 0 Å². The van der Waals surface area contributed by atoms with Crippen molar-refractivity contribution in [1.29, 1.82) is 0 Å². The molecule has 0 nitrogen and oxygen atoms in total. The second-order valence-electron chi connectivity index (χ2n) is 8.67. The minimum Gasteiger partial charge on any atom is -0.0616 e. The molecule has 0 fully saturated rings. The highest BCUT2D eigenvalue weighted by molar-refractivity contribution is 6.19. The zero-order valence-corrected chi connectivity index (χ0v) is 18.4. The van der Waals surface area contributed by atoms with Crippen LogP contribution in [-0.4, -0.2) is 0 Å². The molecule has 0 radical (unpaired) electrons. The van der Waals surface area contributed by atoms with Gasteiger partial charge in [-0.3, -0.25) is 0 Å². The first-order valence-electron chi connectivity index (χ1n) is 11.2. The fraction of sp³-hybridized carbons (Fsp3) is 0.0625. The molecule has 0 aromatic heterocycles.